The Bertz CT molecular complexity index is 567. The quantitative estimate of drug-likeness (QED) is 0.873. The van der Waals surface area contributed by atoms with Gasteiger partial charge in [0.2, 0.25) is 5.91 Å². The van der Waals surface area contributed by atoms with E-state index in [0.717, 1.165) is 31.2 Å². The summed E-state index contributed by atoms with van der Waals surface area (Å²) in [6.07, 6.45) is 3.52. The maximum atomic E-state index is 12.9. The lowest BCUT2D eigenvalue weighted by atomic mass is 9.77. The van der Waals surface area contributed by atoms with E-state index in [-0.39, 0.29) is 5.91 Å². The molecule has 0 saturated heterocycles. The Labute approximate surface area is 135 Å². The van der Waals surface area contributed by atoms with Crippen LogP contribution in [-0.4, -0.2) is 23.0 Å². The molecule has 0 aromatic heterocycles. The molecular formula is C17H22ClNO3. The van der Waals surface area contributed by atoms with Crippen LogP contribution in [0.2, 0.25) is 5.02 Å². The highest BCUT2D eigenvalue weighted by molar-refractivity contribution is 6.30. The van der Waals surface area contributed by atoms with Crippen LogP contribution in [0.4, 0.5) is 0 Å². The molecule has 120 valence electrons. The second kappa shape index (κ2) is 6.69. The molecule has 1 saturated carbocycles. The van der Waals surface area contributed by atoms with Crippen molar-refractivity contribution >= 4 is 23.5 Å². The Morgan fingerprint density at radius 1 is 1.27 bits per heavy atom. The van der Waals surface area contributed by atoms with Gasteiger partial charge in [0.25, 0.3) is 0 Å². The first-order chi connectivity index (χ1) is 10.4. The fourth-order valence-electron chi connectivity index (χ4n) is 3.10. The summed E-state index contributed by atoms with van der Waals surface area (Å²) in [5.41, 5.74) is 0.336. The Balaban J connectivity index is 2.24. The third-order valence-electron chi connectivity index (χ3n) is 4.77. The van der Waals surface area contributed by atoms with E-state index in [9.17, 15) is 9.59 Å². The van der Waals surface area contributed by atoms with Gasteiger partial charge in [0.1, 0.15) is 0 Å². The van der Waals surface area contributed by atoms with Crippen molar-refractivity contribution in [3.8, 4) is 0 Å². The standard InChI is InChI=1S/C17H22ClNO3/c1-11(15(20)21)12(2)19-16(22)17(8-3-4-9-17)13-6-5-7-14(18)10-13/h5-7,10-12H,3-4,8-9H2,1-2H3,(H,19,22)(H,20,21). The monoisotopic (exact) mass is 323 g/mol. The predicted octanol–water partition coefficient (Wildman–Crippen LogP) is 3.38. The Morgan fingerprint density at radius 2 is 1.91 bits per heavy atom. The molecule has 2 rings (SSSR count). The summed E-state index contributed by atoms with van der Waals surface area (Å²) in [5, 5.41) is 12.6. The summed E-state index contributed by atoms with van der Waals surface area (Å²) in [6, 6.07) is 7.01. The maximum Gasteiger partial charge on any atom is 0.308 e. The zero-order valence-corrected chi connectivity index (χ0v) is 13.7. The number of carbonyl (C=O) groups is 2. The van der Waals surface area contributed by atoms with Gasteiger partial charge in [-0.25, -0.2) is 0 Å². The van der Waals surface area contributed by atoms with E-state index in [1.165, 1.54) is 0 Å². The number of aliphatic carboxylic acids is 1. The van der Waals surface area contributed by atoms with Crippen LogP contribution >= 0.6 is 11.6 Å². The zero-order chi connectivity index (χ0) is 16.3. The number of nitrogens with one attached hydrogen (secondary N) is 1. The SMILES string of the molecule is CC(NC(=O)C1(c2cccc(Cl)c2)CCCC1)C(C)C(=O)O. The summed E-state index contributed by atoms with van der Waals surface area (Å²) in [5.74, 6) is -1.62. The normalized spacial score (nSPS) is 19.4. The fourth-order valence-corrected chi connectivity index (χ4v) is 3.29. The smallest absolute Gasteiger partial charge is 0.308 e. The molecule has 22 heavy (non-hydrogen) atoms. The van der Waals surface area contributed by atoms with Gasteiger partial charge < -0.3 is 10.4 Å². The molecule has 1 fully saturated rings. The van der Waals surface area contributed by atoms with Gasteiger partial charge in [-0.15, -0.1) is 0 Å². The van der Waals surface area contributed by atoms with Crippen molar-refractivity contribution in [2.24, 2.45) is 5.92 Å². The number of carboxylic acids is 1. The van der Waals surface area contributed by atoms with Crippen LogP contribution in [0.15, 0.2) is 24.3 Å². The number of carboxylic acid groups (broad SMARTS) is 1. The lowest BCUT2D eigenvalue weighted by molar-refractivity contribution is -0.142. The number of amides is 1. The van der Waals surface area contributed by atoms with E-state index >= 15 is 0 Å². The van der Waals surface area contributed by atoms with Gasteiger partial charge >= 0.3 is 5.97 Å². The van der Waals surface area contributed by atoms with Crippen molar-refractivity contribution in [1.29, 1.82) is 0 Å². The molecular weight excluding hydrogens is 302 g/mol. The van der Waals surface area contributed by atoms with Crippen molar-refractivity contribution in [3.63, 3.8) is 0 Å². The maximum absolute atomic E-state index is 12.9. The highest BCUT2D eigenvalue weighted by Gasteiger charge is 2.43. The fraction of sp³-hybridized carbons (Fsp3) is 0.529. The van der Waals surface area contributed by atoms with Crippen molar-refractivity contribution < 1.29 is 14.7 Å². The van der Waals surface area contributed by atoms with Crippen molar-refractivity contribution in [2.45, 2.75) is 51.0 Å². The molecule has 1 aromatic rings. The molecule has 0 aliphatic heterocycles. The zero-order valence-electron chi connectivity index (χ0n) is 12.9. The van der Waals surface area contributed by atoms with Crippen molar-refractivity contribution in [2.75, 3.05) is 0 Å². The minimum Gasteiger partial charge on any atom is -0.481 e. The van der Waals surface area contributed by atoms with Gasteiger partial charge in [-0.2, -0.15) is 0 Å². The van der Waals surface area contributed by atoms with Crippen LogP contribution in [0.3, 0.4) is 0 Å². The first kappa shape index (κ1) is 16.8. The van der Waals surface area contributed by atoms with Gasteiger partial charge in [0.15, 0.2) is 0 Å². The third kappa shape index (κ3) is 3.27. The lowest BCUT2D eigenvalue weighted by Gasteiger charge is -2.31. The molecule has 1 aromatic carbocycles. The van der Waals surface area contributed by atoms with Gasteiger partial charge in [-0.05, 0) is 44.4 Å². The number of rotatable bonds is 5. The number of hydrogen-bond acceptors (Lipinski definition) is 2. The molecule has 1 aliphatic rings. The molecule has 0 spiro atoms. The summed E-state index contributed by atoms with van der Waals surface area (Å²) in [4.78, 5) is 23.9. The minimum atomic E-state index is -0.906. The third-order valence-corrected chi connectivity index (χ3v) is 5.00. The van der Waals surface area contributed by atoms with E-state index in [1.807, 2.05) is 18.2 Å². The van der Waals surface area contributed by atoms with Crippen LogP contribution in [-0.2, 0) is 15.0 Å². The Hall–Kier alpha value is -1.55. The first-order valence-corrected chi connectivity index (χ1v) is 8.04. The molecule has 0 radical (unpaired) electrons. The summed E-state index contributed by atoms with van der Waals surface area (Å²) >= 11 is 6.08. The topological polar surface area (TPSA) is 66.4 Å². The van der Waals surface area contributed by atoms with Crippen LogP contribution in [0, 0.1) is 5.92 Å². The van der Waals surface area contributed by atoms with Crippen molar-refractivity contribution in [1.82, 2.24) is 5.32 Å². The largest absolute Gasteiger partial charge is 0.481 e. The molecule has 4 nitrogen and oxygen atoms in total. The minimum absolute atomic E-state index is 0.0899. The van der Waals surface area contributed by atoms with E-state index in [1.54, 1.807) is 19.9 Å². The first-order valence-electron chi connectivity index (χ1n) is 7.66. The van der Waals surface area contributed by atoms with Gasteiger partial charge in [-0.3, -0.25) is 9.59 Å². The average Bonchev–Trinajstić information content (AvgIpc) is 2.97. The van der Waals surface area contributed by atoms with E-state index < -0.39 is 23.3 Å². The number of halogens is 1. The second-order valence-corrected chi connectivity index (χ2v) is 6.63. The molecule has 1 amide bonds. The van der Waals surface area contributed by atoms with E-state index in [2.05, 4.69) is 5.32 Å². The predicted molar refractivity (Wildman–Crippen MR) is 86.0 cm³/mol. The summed E-state index contributed by atoms with van der Waals surface area (Å²) in [6.45, 7) is 3.34. The van der Waals surface area contributed by atoms with Crippen LogP contribution in [0.25, 0.3) is 0 Å². The highest BCUT2D eigenvalue weighted by atomic mass is 35.5. The average molecular weight is 324 g/mol. The second-order valence-electron chi connectivity index (χ2n) is 6.19. The molecule has 0 heterocycles. The number of benzene rings is 1. The van der Waals surface area contributed by atoms with Crippen LogP contribution in [0.1, 0.15) is 45.1 Å². The Morgan fingerprint density at radius 3 is 2.45 bits per heavy atom. The van der Waals surface area contributed by atoms with Gasteiger partial charge in [0.05, 0.1) is 11.3 Å². The Kier molecular flexibility index (Phi) is 5.12. The molecule has 2 N–H and O–H groups in total. The summed E-state index contributed by atoms with van der Waals surface area (Å²) in [7, 11) is 0. The molecule has 2 atom stereocenters. The number of hydrogen-bond donors (Lipinski definition) is 2. The van der Waals surface area contributed by atoms with Gasteiger partial charge in [-0.1, -0.05) is 36.6 Å². The summed E-state index contributed by atoms with van der Waals surface area (Å²) < 4.78 is 0. The molecule has 2 unspecified atom stereocenters. The molecule has 1 aliphatic carbocycles. The molecule has 5 heteroatoms. The van der Waals surface area contributed by atoms with Crippen molar-refractivity contribution in [3.05, 3.63) is 34.9 Å². The van der Waals surface area contributed by atoms with E-state index in [4.69, 9.17) is 16.7 Å². The van der Waals surface area contributed by atoms with E-state index in [0.29, 0.717) is 5.02 Å². The molecule has 0 bridgehead atoms. The number of carbonyl (C=O) groups excluding carboxylic acids is 1. The lowest BCUT2D eigenvalue weighted by Crippen LogP contribution is -2.49. The van der Waals surface area contributed by atoms with Crippen LogP contribution < -0.4 is 5.32 Å². The highest BCUT2D eigenvalue weighted by Crippen LogP contribution is 2.42. The van der Waals surface area contributed by atoms with Crippen LogP contribution in [0.5, 0.6) is 0 Å². The van der Waals surface area contributed by atoms with Gasteiger partial charge in [0, 0.05) is 11.1 Å².